The predicted octanol–water partition coefficient (Wildman–Crippen LogP) is 4.43. The van der Waals surface area contributed by atoms with Gasteiger partial charge in [0.2, 0.25) is 5.78 Å². The van der Waals surface area contributed by atoms with Gasteiger partial charge in [0.25, 0.3) is 0 Å². The summed E-state index contributed by atoms with van der Waals surface area (Å²) in [5, 5.41) is 11.5. The number of carbonyl (C=O) groups is 3. The number of rotatable bonds is 2. The molecule has 0 aromatic carbocycles. The Balaban J connectivity index is 1.62. The highest BCUT2D eigenvalue weighted by molar-refractivity contribution is 6.06. The van der Waals surface area contributed by atoms with E-state index in [-0.39, 0.29) is 23.6 Å². The fourth-order valence-electron chi connectivity index (χ4n) is 9.22. The van der Waals surface area contributed by atoms with Crippen molar-refractivity contribution < 1.29 is 33.4 Å². The molecule has 1 aromatic rings. The van der Waals surface area contributed by atoms with Crippen molar-refractivity contribution in [1.82, 2.24) is 0 Å². The van der Waals surface area contributed by atoms with E-state index >= 15 is 0 Å². The van der Waals surface area contributed by atoms with Crippen molar-refractivity contribution in [3.05, 3.63) is 47.6 Å². The summed E-state index contributed by atoms with van der Waals surface area (Å²) in [4.78, 5) is 39.6. The lowest BCUT2D eigenvalue weighted by Crippen LogP contribution is -2.70. The normalized spacial score (nSPS) is 47.0. The van der Waals surface area contributed by atoms with Gasteiger partial charge in [-0.1, -0.05) is 19.9 Å². The van der Waals surface area contributed by atoms with Gasteiger partial charge in [-0.05, 0) is 62.8 Å². The van der Waals surface area contributed by atoms with Crippen LogP contribution in [0.4, 0.5) is 0 Å². The van der Waals surface area contributed by atoms with Crippen LogP contribution in [0.3, 0.4) is 0 Å². The summed E-state index contributed by atoms with van der Waals surface area (Å²) in [6.07, 6.45) is 7.17. The maximum absolute atomic E-state index is 14.3. The molecule has 0 bridgehead atoms. The van der Waals surface area contributed by atoms with E-state index in [1.165, 1.54) is 6.92 Å². The first kappa shape index (κ1) is 22.8. The number of hydrogen-bond donors (Lipinski definition) is 1. The number of ketones is 2. The molecule has 5 aliphatic rings. The first-order valence-corrected chi connectivity index (χ1v) is 12.4. The number of ether oxygens (including phenoxy) is 2. The molecule has 1 aliphatic heterocycles. The summed E-state index contributed by atoms with van der Waals surface area (Å²) < 4.78 is 17.9. The minimum absolute atomic E-state index is 0.0453. The Hall–Kier alpha value is -2.67. The average molecular weight is 481 g/mol. The lowest BCUT2D eigenvalue weighted by molar-refractivity contribution is -0.200. The topological polar surface area (TPSA) is 106 Å². The quantitative estimate of drug-likeness (QED) is 0.493. The molecule has 7 heteroatoms. The standard InChI is InChI=1S/C28H32O7/c1-14(29)34-17-12-26(5)16(15-8-10-33-13-15)11-19-28(26,35-19)27(6)21(17)25(4)9-7-18(30)24(2,3)22(25)20(31)23(27)32/h7-10,13,16-17,19,21,31H,11-12H2,1-6H3/t16-,17-,19-,21-,25-,26+,27+,28+/m0/s1. The number of aliphatic hydroxyl groups excluding tert-OH is 1. The number of hydrogen-bond acceptors (Lipinski definition) is 7. The van der Waals surface area contributed by atoms with E-state index in [4.69, 9.17) is 13.9 Å². The van der Waals surface area contributed by atoms with Crippen LogP contribution in [0.5, 0.6) is 0 Å². The Morgan fingerprint density at radius 2 is 1.89 bits per heavy atom. The molecule has 2 saturated carbocycles. The monoisotopic (exact) mass is 480 g/mol. The number of fused-ring (bicyclic) bond motifs is 3. The van der Waals surface area contributed by atoms with Crippen molar-refractivity contribution >= 4 is 17.5 Å². The number of furan rings is 1. The molecule has 1 spiro atoms. The first-order chi connectivity index (χ1) is 16.3. The number of esters is 1. The lowest BCUT2D eigenvalue weighted by Gasteiger charge is -2.64. The van der Waals surface area contributed by atoms with Crippen molar-refractivity contribution in [2.75, 3.05) is 0 Å². The number of allylic oxidation sites excluding steroid dienone is 4. The van der Waals surface area contributed by atoms with Crippen LogP contribution in [0.1, 0.15) is 65.9 Å². The smallest absolute Gasteiger partial charge is 0.302 e. The summed E-state index contributed by atoms with van der Waals surface area (Å²) in [5.74, 6) is -1.84. The molecule has 1 saturated heterocycles. The third kappa shape index (κ3) is 2.30. The molecular weight excluding hydrogens is 448 g/mol. The molecule has 8 atom stereocenters. The highest BCUT2D eigenvalue weighted by Gasteiger charge is 2.88. The maximum Gasteiger partial charge on any atom is 0.302 e. The molecule has 4 aliphatic carbocycles. The fraction of sp³-hybridized carbons (Fsp3) is 0.607. The molecule has 3 fully saturated rings. The van der Waals surface area contributed by atoms with Crippen LogP contribution in [0.15, 0.2) is 46.5 Å². The van der Waals surface area contributed by atoms with Gasteiger partial charge in [-0.25, -0.2) is 0 Å². The van der Waals surface area contributed by atoms with E-state index in [9.17, 15) is 19.5 Å². The van der Waals surface area contributed by atoms with E-state index in [1.54, 1.807) is 38.5 Å². The molecule has 2 heterocycles. The van der Waals surface area contributed by atoms with Gasteiger partial charge in [-0.15, -0.1) is 0 Å². The van der Waals surface area contributed by atoms with Crippen molar-refractivity contribution in [1.29, 1.82) is 0 Å². The molecule has 1 N–H and O–H groups in total. The summed E-state index contributed by atoms with van der Waals surface area (Å²) in [5.41, 5.74) is -3.06. The van der Waals surface area contributed by atoms with Crippen molar-refractivity contribution in [3.63, 3.8) is 0 Å². The third-order valence-electron chi connectivity index (χ3n) is 10.4. The van der Waals surface area contributed by atoms with Crippen LogP contribution in [0.25, 0.3) is 0 Å². The molecule has 0 amide bonds. The fourth-order valence-corrected chi connectivity index (χ4v) is 9.22. The Morgan fingerprint density at radius 1 is 1.17 bits per heavy atom. The second kappa shape index (κ2) is 6.36. The van der Waals surface area contributed by atoms with Gasteiger partial charge < -0.3 is 19.0 Å². The summed E-state index contributed by atoms with van der Waals surface area (Å²) in [6.45, 7) is 10.8. The second-order valence-electron chi connectivity index (χ2n) is 12.3. The Bertz CT molecular complexity index is 1240. The van der Waals surface area contributed by atoms with Gasteiger partial charge >= 0.3 is 5.97 Å². The first-order valence-electron chi connectivity index (χ1n) is 12.4. The zero-order valence-corrected chi connectivity index (χ0v) is 21.0. The van der Waals surface area contributed by atoms with E-state index in [2.05, 4.69) is 6.92 Å². The van der Waals surface area contributed by atoms with E-state index in [0.717, 1.165) is 5.56 Å². The van der Waals surface area contributed by atoms with Crippen LogP contribution in [-0.4, -0.2) is 40.5 Å². The molecule has 186 valence electrons. The van der Waals surface area contributed by atoms with Gasteiger partial charge in [0.05, 0.1) is 29.5 Å². The predicted molar refractivity (Wildman–Crippen MR) is 124 cm³/mol. The number of epoxide rings is 1. The SMILES string of the molecule is CC(=O)O[C@H]1C[C@]2(C)[C@H](c3ccoc3)C[C@@H]3O[C@]32[C@@]2(C)C(=O)C(O)=C3C(C)(C)C(=O)C=C[C@@]3(C)[C@H]12. The van der Waals surface area contributed by atoms with E-state index in [0.29, 0.717) is 18.4 Å². The zero-order chi connectivity index (χ0) is 25.3. The molecule has 6 rings (SSSR count). The van der Waals surface area contributed by atoms with E-state index in [1.807, 2.05) is 19.9 Å². The highest BCUT2D eigenvalue weighted by atomic mass is 16.6. The lowest BCUT2D eigenvalue weighted by atomic mass is 9.38. The van der Waals surface area contributed by atoms with Crippen LogP contribution in [-0.2, 0) is 23.9 Å². The second-order valence-corrected chi connectivity index (χ2v) is 12.3. The summed E-state index contributed by atoms with van der Waals surface area (Å²) in [6, 6.07) is 1.95. The minimum atomic E-state index is -1.17. The maximum atomic E-state index is 14.3. The van der Waals surface area contributed by atoms with Crippen molar-refractivity contribution in [3.8, 4) is 0 Å². The molecule has 7 nitrogen and oxygen atoms in total. The zero-order valence-electron chi connectivity index (χ0n) is 21.0. The van der Waals surface area contributed by atoms with Crippen molar-refractivity contribution in [2.45, 2.75) is 78.1 Å². The number of Topliss-reactive ketones (excluding diaryl/α,β-unsaturated/α-hetero) is 1. The Kier molecular flexibility index (Phi) is 4.14. The van der Waals surface area contributed by atoms with Gasteiger partial charge in [0.1, 0.15) is 11.7 Å². The van der Waals surface area contributed by atoms with Gasteiger partial charge in [0.15, 0.2) is 11.5 Å². The van der Waals surface area contributed by atoms with Crippen LogP contribution in [0.2, 0.25) is 0 Å². The molecule has 0 radical (unpaired) electrons. The molecular formula is C28H32O7. The third-order valence-corrected chi connectivity index (χ3v) is 10.4. The van der Waals surface area contributed by atoms with Gasteiger partial charge in [0, 0.05) is 23.7 Å². The van der Waals surface area contributed by atoms with Crippen LogP contribution >= 0.6 is 0 Å². The number of aliphatic hydroxyl groups is 1. The number of carbonyl (C=O) groups excluding carboxylic acids is 3. The largest absolute Gasteiger partial charge is 0.504 e. The van der Waals surface area contributed by atoms with Gasteiger partial charge in [-0.3, -0.25) is 14.4 Å². The minimum Gasteiger partial charge on any atom is -0.504 e. The molecule has 0 unspecified atom stereocenters. The average Bonchev–Trinajstić information content (AvgIpc) is 3.13. The van der Waals surface area contributed by atoms with Crippen LogP contribution < -0.4 is 0 Å². The Morgan fingerprint density at radius 3 is 2.51 bits per heavy atom. The van der Waals surface area contributed by atoms with E-state index < -0.39 is 51.0 Å². The molecule has 35 heavy (non-hydrogen) atoms. The Labute approximate surface area is 204 Å². The van der Waals surface area contributed by atoms with Gasteiger partial charge in [-0.2, -0.15) is 0 Å². The van der Waals surface area contributed by atoms with Crippen molar-refractivity contribution in [2.24, 2.45) is 27.6 Å². The summed E-state index contributed by atoms with van der Waals surface area (Å²) in [7, 11) is 0. The summed E-state index contributed by atoms with van der Waals surface area (Å²) >= 11 is 0. The van der Waals surface area contributed by atoms with Crippen LogP contribution in [0, 0.1) is 27.6 Å². The highest BCUT2D eigenvalue weighted by Crippen LogP contribution is 2.81. The molecule has 1 aromatic heterocycles.